The largest absolute Gasteiger partial charge is 0.337 e. The van der Waals surface area contributed by atoms with Gasteiger partial charge in [0.25, 0.3) is 0 Å². The van der Waals surface area contributed by atoms with E-state index < -0.39 is 0 Å². The number of likely N-dealkylation sites (tertiary alicyclic amines) is 1. The number of aromatic nitrogens is 2. The summed E-state index contributed by atoms with van der Waals surface area (Å²) in [5.41, 5.74) is 1.75. The Balaban J connectivity index is 1.45. The topological polar surface area (TPSA) is 71.3 Å². The molecule has 0 unspecified atom stereocenters. The second-order valence-electron chi connectivity index (χ2n) is 7.08. The molecule has 0 aliphatic carbocycles. The van der Waals surface area contributed by atoms with E-state index in [2.05, 4.69) is 20.4 Å². The Morgan fingerprint density at radius 2 is 2.07 bits per heavy atom. The van der Waals surface area contributed by atoms with Crippen molar-refractivity contribution in [3.8, 4) is 11.4 Å². The highest BCUT2D eigenvalue weighted by atomic mass is 32.2. The van der Waals surface area contributed by atoms with E-state index in [4.69, 9.17) is 4.52 Å². The minimum atomic E-state index is -0.0306. The van der Waals surface area contributed by atoms with Gasteiger partial charge in [0.15, 0.2) is 0 Å². The van der Waals surface area contributed by atoms with Gasteiger partial charge in [-0.1, -0.05) is 48.0 Å². The van der Waals surface area contributed by atoms with E-state index in [1.165, 1.54) is 0 Å². The molecule has 6 nitrogen and oxygen atoms in total. The Hall–Kier alpha value is -2.64. The highest BCUT2D eigenvalue weighted by Gasteiger charge is 2.30. The van der Waals surface area contributed by atoms with Gasteiger partial charge in [-0.3, -0.25) is 9.69 Å². The van der Waals surface area contributed by atoms with Crippen molar-refractivity contribution >= 4 is 23.4 Å². The quantitative estimate of drug-likeness (QED) is 0.600. The van der Waals surface area contributed by atoms with Gasteiger partial charge in [0.2, 0.25) is 17.6 Å². The van der Waals surface area contributed by atoms with Crippen molar-refractivity contribution < 1.29 is 9.32 Å². The monoisotopic (exact) mass is 408 g/mol. The normalized spacial score (nSPS) is 17.2. The van der Waals surface area contributed by atoms with E-state index in [1.807, 2.05) is 60.9 Å². The Labute approximate surface area is 174 Å². The zero-order valence-electron chi connectivity index (χ0n) is 16.4. The van der Waals surface area contributed by atoms with Crippen molar-refractivity contribution in [1.82, 2.24) is 15.0 Å². The molecule has 0 spiro atoms. The summed E-state index contributed by atoms with van der Waals surface area (Å²) < 4.78 is 5.58. The van der Waals surface area contributed by atoms with Gasteiger partial charge in [0, 0.05) is 16.1 Å². The molecule has 1 N–H and O–H groups in total. The predicted octanol–water partition coefficient (Wildman–Crippen LogP) is 4.62. The molecule has 2 aromatic carbocycles. The Bertz CT molecular complexity index is 960. The number of hydrogen-bond donors (Lipinski definition) is 1. The van der Waals surface area contributed by atoms with E-state index in [-0.39, 0.29) is 11.9 Å². The average molecular weight is 409 g/mol. The third-order valence-corrected chi connectivity index (χ3v) is 5.80. The number of rotatable bonds is 6. The number of carbonyl (C=O) groups is 1. The van der Waals surface area contributed by atoms with E-state index >= 15 is 0 Å². The molecule has 0 radical (unpaired) electrons. The molecule has 4 rings (SSSR count). The summed E-state index contributed by atoms with van der Waals surface area (Å²) in [5, 5.41) is 7.15. The van der Waals surface area contributed by atoms with Gasteiger partial charge in [-0.2, -0.15) is 4.98 Å². The van der Waals surface area contributed by atoms with E-state index in [9.17, 15) is 4.79 Å². The summed E-state index contributed by atoms with van der Waals surface area (Å²) in [7, 11) is 0. The Morgan fingerprint density at radius 1 is 1.21 bits per heavy atom. The summed E-state index contributed by atoms with van der Waals surface area (Å²) >= 11 is 1.65. The number of carbonyl (C=O) groups excluding carboxylic acids is 1. The van der Waals surface area contributed by atoms with Crippen LogP contribution in [0.4, 0.5) is 5.69 Å². The van der Waals surface area contributed by atoms with E-state index in [1.54, 1.807) is 11.8 Å². The zero-order chi connectivity index (χ0) is 20.1. The van der Waals surface area contributed by atoms with Crippen molar-refractivity contribution in [1.29, 1.82) is 0 Å². The van der Waals surface area contributed by atoms with Gasteiger partial charge in [-0.15, -0.1) is 11.8 Å². The molecule has 0 saturated carbocycles. The molecule has 1 fully saturated rings. The number of nitrogens with zero attached hydrogens (tertiary/aromatic N) is 3. The predicted molar refractivity (Wildman–Crippen MR) is 115 cm³/mol. The Morgan fingerprint density at radius 3 is 2.90 bits per heavy atom. The van der Waals surface area contributed by atoms with Crippen LogP contribution in [0.1, 0.15) is 31.2 Å². The summed E-state index contributed by atoms with van der Waals surface area (Å²) in [6.07, 6.45) is 5.08. The first-order chi connectivity index (χ1) is 14.2. The smallest absolute Gasteiger partial charge is 0.244 e. The number of hydrogen-bond acceptors (Lipinski definition) is 6. The van der Waals surface area contributed by atoms with Crippen LogP contribution in [-0.2, 0) is 4.79 Å². The van der Waals surface area contributed by atoms with Crippen molar-refractivity contribution in [3.63, 3.8) is 0 Å². The third-order valence-electron chi connectivity index (χ3n) is 5.07. The molecule has 1 saturated heterocycles. The molecule has 1 aliphatic heterocycles. The Kier molecular flexibility index (Phi) is 6.27. The molecular weight excluding hydrogens is 384 g/mol. The second kappa shape index (κ2) is 9.24. The molecule has 29 heavy (non-hydrogen) atoms. The fourth-order valence-corrected chi connectivity index (χ4v) is 4.08. The van der Waals surface area contributed by atoms with Crippen LogP contribution in [-0.4, -0.2) is 40.3 Å². The summed E-state index contributed by atoms with van der Waals surface area (Å²) in [4.78, 5) is 20.5. The van der Waals surface area contributed by atoms with Crippen LogP contribution in [0.5, 0.6) is 0 Å². The fourth-order valence-electron chi connectivity index (χ4n) is 3.62. The van der Waals surface area contributed by atoms with Crippen LogP contribution < -0.4 is 5.32 Å². The molecule has 1 aliphatic rings. The lowest BCUT2D eigenvalue weighted by Crippen LogP contribution is -2.39. The lowest BCUT2D eigenvalue weighted by Gasteiger charge is -2.32. The molecule has 150 valence electrons. The maximum atomic E-state index is 12.7. The molecular formula is C22H24N4O2S. The van der Waals surface area contributed by atoms with Gasteiger partial charge in [-0.05, 0) is 43.8 Å². The first-order valence-electron chi connectivity index (χ1n) is 9.80. The first kappa shape index (κ1) is 19.7. The number of amides is 1. The van der Waals surface area contributed by atoms with Crippen LogP contribution in [0.25, 0.3) is 11.4 Å². The third kappa shape index (κ3) is 4.86. The molecule has 3 aromatic rings. The number of thioether (sulfide) groups is 1. The van der Waals surface area contributed by atoms with Crippen molar-refractivity contribution in [2.24, 2.45) is 0 Å². The van der Waals surface area contributed by atoms with Crippen LogP contribution in [0.3, 0.4) is 0 Å². The van der Waals surface area contributed by atoms with Gasteiger partial charge in [-0.25, -0.2) is 0 Å². The molecule has 7 heteroatoms. The van der Waals surface area contributed by atoms with Crippen LogP contribution in [0, 0.1) is 0 Å². The average Bonchev–Trinajstić information content (AvgIpc) is 3.25. The van der Waals surface area contributed by atoms with Crippen molar-refractivity contribution in [3.05, 3.63) is 60.5 Å². The van der Waals surface area contributed by atoms with Crippen molar-refractivity contribution in [2.45, 2.75) is 30.2 Å². The molecule has 2 heterocycles. The minimum absolute atomic E-state index is 0.0297. The lowest BCUT2D eigenvalue weighted by molar-refractivity contribution is -0.118. The summed E-state index contributed by atoms with van der Waals surface area (Å²) in [5.74, 6) is 1.14. The maximum absolute atomic E-state index is 12.7. The van der Waals surface area contributed by atoms with Gasteiger partial charge < -0.3 is 9.84 Å². The lowest BCUT2D eigenvalue weighted by atomic mass is 10.0. The maximum Gasteiger partial charge on any atom is 0.244 e. The van der Waals surface area contributed by atoms with Gasteiger partial charge in [0.1, 0.15) is 0 Å². The minimum Gasteiger partial charge on any atom is -0.337 e. The van der Waals surface area contributed by atoms with Crippen LogP contribution in [0.2, 0.25) is 0 Å². The van der Waals surface area contributed by atoms with Crippen LogP contribution >= 0.6 is 11.8 Å². The number of benzene rings is 2. The summed E-state index contributed by atoms with van der Waals surface area (Å²) in [6.45, 7) is 1.14. The van der Waals surface area contributed by atoms with Crippen molar-refractivity contribution in [2.75, 3.05) is 24.7 Å². The fraction of sp³-hybridized carbons (Fsp3) is 0.318. The SMILES string of the molecule is CSc1cccc(NC(=O)CN2CCCC[C@H]2c2nc(-c3ccccc3)no2)c1. The first-order valence-corrected chi connectivity index (χ1v) is 11.0. The molecule has 1 atom stereocenters. The molecule has 0 bridgehead atoms. The molecule has 1 aromatic heterocycles. The van der Waals surface area contributed by atoms with Crippen LogP contribution in [0.15, 0.2) is 64.0 Å². The van der Waals surface area contributed by atoms with Gasteiger partial charge >= 0.3 is 0 Å². The number of nitrogens with one attached hydrogen (secondary N) is 1. The van der Waals surface area contributed by atoms with E-state index in [0.29, 0.717) is 18.3 Å². The number of anilines is 1. The second-order valence-corrected chi connectivity index (χ2v) is 7.96. The molecule has 1 amide bonds. The summed E-state index contributed by atoms with van der Waals surface area (Å²) in [6, 6.07) is 17.6. The zero-order valence-corrected chi connectivity index (χ0v) is 17.2. The van der Waals surface area contributed by atoms with E-state index in [0.717, 1.165) is 42.0 Å². The number of piperidine rings is 1. The standard InChI is InChI=1S/C22H24N4O2S/c1-29-18-11-7-10-17(14-18)23-20(27)15-26-13-6-5-12-19(26)22-24-21(25-28-22)16-8-3-2-4-9-16/h2-4,7-11,14,19H,5-6,12-13,15H2,1H3,(H,23,27)/t19-/m0/s1. The highest BCUT2D eigenvalue weighted by molar-refractivity contribution is 7.98. The highest BCUT2D eigenvalue weighted by Crippen LogP contribution is 2.31. The van der Waals surface area contributed by atoms with Gasteiger partial charge in [0.05, 0.1) is 12.6 Å².